The molecular weight excluding hydrogens is 230 g/mol. The summed E-state index contributed by atoms with van der Waals surface area (Å²) in [7, 11) is 0. The molecule has 1 saturated carbocycles. The summed E-state index contributed by atoms with van der Waals surface area (Å²) in [6.07, 6.45) is 1.28. The molecule has 0 radical (unpaired) electrons. The summed E-state index contributed by atoms with van der Waals surface area (Å²) >= 11 is 0. The number of ether oxygens (including phenoxy) is 1. The molecule has 4 heteroatoms. The van der Waals surface area contributed by atoms with Gasteiger partial charge in [-0.25, -0.2) is 4.79 Å². The molecule has 0 unspecified atom stereocenters. The molecule has 4 nitrogen and oxygen atoms in total. The molecule has 1 N–H and O–H groups in total. The lowest BCUT2D eigenvalue weighted by Gasteiger charge is -2.13. The van der Waals surface area contributed by atoms with E-state index in [1.807, 2.05) is 13.0 Å². The minimum atomic E-state index is -0.751. The van der Waals surface area contributed by atoms with Gasteiger partial charge in [0.1, 0.15) is 0 Å². The molecule has 1 atom stereocenters. The van der Waals surface area contributed by atoms with Gasteiger partial charge in [0.2, 0.25) is 0 Å². The van der Waals surface area contributed by atoms with Crippen LogP contribution in [0.3, 0.4) is 0 Å². The molecule has 1 aromatic carbocycles. The predicted molar refractivity (Wildman–Crippen MR) is 67.2 cm³/mol. The quantitative estimate of drug-likeness (QED) is 0.826. The SMILES string of the molecule is Cc1cccc(C(=O)O[C@H](C)C(=O)NC2CC2)c1. The standard InChI is InChI=1S/C14H17NO3/c1-9-4-3-5-11(8-9)14(17)18-10(2)13(16)15-12-6-7-12/h3-5,8,10,12H,6-7H2,1-2H3,(H,15,16)/t10-/m1/s1. The molecule has 0 bridgehead atoms. The zero-order valence-corrected chi connectivity index (χ0v) is 10.6. The Morgan fingerprint density at radius 3 is 2.72 bits per heavy atom. The van der Waals surface area contributed by atoms with Gasteiger partial charge in [-0.15, -0.1) is 0 Å². The highest BCUT2D eigenvalue weighted by Crippen LogP contribution is 2.19. The highest BCUT2D eigenvalue weighted by atomic mass is 16.5. The van der Waals surface area contributed by atoms with Crippen molar-refractivity contribution in [1.29, 1.82) is 0 Å². The summed E-state index contributed by atoms with van der Waals surface area (Å²) in [4.78, 5) is 23.4. The Hall–Kier alpha value is -1.84. The predicted octanol–water partition coefficient (Wildman–Crippen LogP) is 1.82. The summed E-state index contributed by atoms with van der Waals surface area (Å²) in [5.74, 6) is -0.685. The van der Waals surface area contributed by atoms with Crippen molar-refractivity contribution < 1.29 is 14.3 Å². The number of carbonyl (C=O) groups excluding carboxylic acids is 2. The van der Waals surface area contributed by atoms with Gasteiger partial charge < -0.3 is 10.1 Å². The van der Waals surface area contributed by atoms with E-state index in [0.29, 0.717) is 5.56 Å². The number of hydrogen-bond acceptors (Lipinski definition) is 3. The molecule has 1 aromatic rings. The maximum Gasteiger partial charge on any atom is 0.338 e. The van der Waals surface area contributed by atoms with E-state index < -0.39 is 12.1 Å². The van der Waals surface area contributed by atoms with Gasteiger partial charge in [-0.2, -0.15) is 0 Å². The highest BCUT2D eigenvalue weighted by Gasteiger charge is 2.27. The molecule has 1 fully saturated rings. The normalized spacial score (nSPS) is 15.9. The van der Waals surface area contributed by atoms with E-state index in [1.54, 1.807) is 25.1 Å². The number of rotatable bonds is 4. The second kappa shape index (κ2) is 5.21. The molecule has 1 aliphatic carbocycles. The van der Waals surface area contributed by atoms with Crippen LogP contribution < -0.4 is 5.32 Å². The number of nitrogens with one attached hydrogen (secondary N) is 1. The van der Waals surface area contributed by atoms with Gasteiger partial charge in [0.15, 0.2) is 6.10 Å². The van der Waals surface area contributed by atoms with Crippen molar-refractivity contribution in [3.05, 3.63) is 35.4 Å². The van der Waals surface area contributed by atoms with E-state index in [-0.39, 0.29) is 11.9 Å². The molecule has 1 amide bonds. The number of amides is 1. The number of carbonyl (C=O) groups is 2. The molecule has 2 rings (SSSR count). The van der Waals surface area contributed by atoms with Crippen LogP contribution in [0.2, 0.25) is 0 Å². The van der Waals surface area contributed by atoms with Gasteiger partial charge in [0.05, 0.1) is 5.56 Å². The summed E-state index contributed by atoms with van der Waals surface area (Å²) in [5.41, 5.74) is 1.46. The van der Waals surface area contributed by atoms with Crippen LogP contribution in [0, 0.1) is 6.92 Å². The Labute approximate surface area is 106 Å². The first-order chi connectivity index (χ1) is 8.56. The molecule has 0 heterocycles. The van der Waals surface area contributed by atoms with Crippen molar-refractivity contribution in [2.75, 3.05) is 0 Å². The summed E-state index contributed by atoms with van der Waals surface area (Å²) < 4.78 is 5.13. The zero-order chi connectivity index (χ0) is 13.1. The Morgan fingerprint density at radius 1 is 1.39 bits per heavy atom. The summed E-state index contributed by atoms with van der Waals surface area (Å²) in [6.45, 7) is 3.49. The summed E-state index contributed by atoms with van der Waals surface area (Å²) in [6, 6.07) is 7.40. The van der Waals surface area contributed by atoms with Crippen LogP contribution in [0.15, 0.2) is 24.3 Å². The van der Waals surface area contributed by atoms with Crippen molar-refractivity contribution in [2.24, 2.45) is 0 Å². The lowest BCUT2D eigenvalue weighted by atomic mass is 10.1. The molecule has 0 saturated heterocycles. The first kappa shape index (κ1) is 12.6. The highest BCUT2D eigenvalue weighted by molar-refractivity contribution is 5.92. The van der Waals surface area contributed by atoms with E-state index in [2.05, 4.69) is 5.32 Å². The number of aryl methyl sites for hydroxylation is 1. The van der Waals surface area contributed by atoms with Gasteiger partial charge in [-0.05, 0) is 38.8 Å². The molecule has 96 valence electrons. The van der Waals surface area contributed by atoms with Crippen molar-refractivity contribution in [1.82, 2.24) is 5.32 Å². The monoisotopic (exact) mass is 247 g/mol. The first-order valence-electron chi connectivity index (χ1n) is 6.14. The van der Waals surface area contributed by atoms with Crippen molar-refractivity contribution >= 4 is 11.9 Å². The van der Waals surface area contributed by atoms with Crippen LogP contribution in [-0.4, -0.2) is 24.0 Å². The fourth-order valence-electron chi connectivity index (χ4n) is 1.60. The molecular formula is C14H17NO3. The molecule has 0 aliphatic heterocycles. The summed E-state index contributed by atoms with van der Waals surface area (Å²) in [5, 5.41) is 2.81. The maximum atomic E-state index is 11.8. The molecule has 18 heavy (non-hydrogen) atoms. The van der Waals surface area contributed by atoms with Crippen LogP contribution in [-0.2, 0) is 9.53 Å². The van der Waals surface area contributed by atoms with Gasteiger partial charge >= 0.3 is 5.97 Å². The third-order valence-electron chi connectivity index (χ3n) is 2.83. The van der Waals surface area contributed by atoms with E-state index in [0.717, 1.165) is 18.4 Å². The number of benzene rings is 1. The molecule has 0 aromatic heterocycles. The van der Waals surface area contributed by atoms with Crippen LogP contribution in [0.25, 0.3) is 0 Å². The van der Waals surface area contributed by atoms with Crippen molar-refractivity contribution in [3.8, 4) is 0 Å². The van der Waals surface area contributed by atoms with E-state index in [9.17, 15) is 9.59 Å². The Kier molecular flexibility index (Phi) is 3.65. The fourth-order valence-corrected chi connectivity index (χ4v) is 1.60. The fraction of sp³-hybridized carbons (Fsp3) is 0.429. The van der Waals surface area contributed by atoms with Crippen molar-refractivity contribution in [3.63, 3.8) is 0 Å². The lowest BCUT2D eigenvalue weighted by Crippen LogP contribution is -2.37. The minimum Gasteiger partial charge on any atom is -0.449 e. The van der Waals surface area contributed by atoms with E-state index in [1.165, 1.54) is 0 Å². The third kappa shape index (κ3) is 3.32. The zero-order valence-electron chi connectivity index (χ0n) is 10.6. The van der Waals surface area contributed by atoms with Crippen LogP contribution in [0.4, 0.5) is 0 Å². The number of hydrogen-bond donors (Lipinski definition) is 1. The molecule has 0 spiro atoms. The van der Waals surface area contributed by atoms with Crippen LogP contribution in [0.5, 0.6) is 0 Å². The Balaban J connectivity index is 1.91. The number of esters is 1. The third-order valence-corrected chi connectivity index (χ3v) is 2.83. The van der Waals surface area contributed by atoms with E-state index >= 15 is 0 Å². The van der Waals surface area contributed by atoms with Gasteiger partial charge in [0.25, 0.3) is 5.91 Å². The Morgan fingerprint density at radius 2 is 2.11 bits per heavy atom. The van der Waals surface area contributed by atoms with Crippen LogP contribution in [0.1, 0.15) is 35.7 Å². The lowest BCUT2D eigenvalue weighted by molar-refractivity contribution is -0.129. The smallest absolute Gasteiger partial charge is 0.338 e. The van der Waals surface area contributed by atoms with Gasteiger partial charge in [-0.1, -0.05) is 17.7 Å². The Bertz CT molecular complexity index is 466. The topological polar surface area (TPSA) is 55.4 Å². The minimum absolute atomic E-state index is 0.224. The maximum absolute atomic E-state index is 11.8. The van der Waals surface area contributed by atoms with Crippen LogP contribution >= 0.6 is 0 Å². The molecule has 1 aliphatic rings. The average Bonchev–Trinajstić information content (AvgIpc) is 3.12. The second-order valence-electron chi connectivity index (χ2n) is 4.70. The average molecular weight is 247 g/mol. The largest absolute Gasteiger partial charge is 0.449 e. The van der Waals surface area contributed by atoms with Gasteiger partial charge in [-0.3, -0.25) is 4.79 Å². The first-order valence-corrected chi connectivity index (χ1v) is 6.14. The second-order valence-corrected chi connectivity index (χ2v) is 4.70. The van der Waals surface area contributed by atoms with E-state index in [4.69, 9.17) is 4.74 Å². The van der Waals surface area contributed by atoms with Crippen molar-refractivity contribution in [2.45, 2.75) is 38.8 Å². The van der Waals surface area contributed by atoms with Gasteiger partial charge in [0, 0.05) is 6.04 Å².